The fraction of sp³-hybridized carbons (Fsp3) is 0.400. The Morgan fingerprint density at radius 3 is 2.95 bits per heavy atom. The summed E-state index contributed by atoms with van der Waals surface area (Å²) in [6.45, 7) is 2.17. The molecule has 0 atom stereocenters. The number of hydrogen-bond donors (Lipinski definition) is 0. The van der Waals surface area contributed by atoms with Crippen LogP contribution in [-0.4, -0.2) is 36.4 Å². The van der Waals surface area contributed by atoms with Crippen LogP contribution in [-0.2, 0) is 10.5 Å². The third kappa shape index (κ3) is 3.59. The van der Waals surface area contributed by atoms with E-state index in [1.807, 2.05) is 18.2 Å². The molecule has 5 nitrogen and oxygen atoms in total. The van der Waals surface area contributed by atoms with Crippen LogP contribution in [0.5, 0.6) is 0 Å². The lowest BCUT2D eigenvalue weighted by Crippen LogP contribution is -2.17. The molecule has 1 aromatic heterocycles. The van der Waals surface area contributed by atoms with Crippen molar-refractivity contribution in [2.24, 2.45) is 0 Å². The van der Waals surface area contributed by atoms with E-state index in [0.717, 1.165) is 33.9 Å². The van der Waals surface area contributed by atoms with Crippen molar-refractivity contribution in [3.8, 4) is 0 Å². The molecule has 1 saturated heterocycles. The van der Waals surface area contributed by atoms with E-state index in [-0.39, 0.29) is 5.97 Å². The van der Waals surface area contributed by atoms with Crippen LogP contribution < -0.4 is 4.90 Å². The molecule has 0 saturated carbocycles. The summed E-state index contributed by atoms with van der Waals surface area (Å²) >= 11 is 3.29. The van der Waals surface area contributed by atoms with Crippen LogP contribution in [0.15, 0.2) is 28.6 Å². The highest BCUT2D eigenvalue weighted by atomic mass is 32.2. The van der Waals surface area contributed by atoms with Gasteiger partial charge in [-0.3, -0.25) is 0 Å². The SMILES string of the molecule is COC(=O)c1cccc(CSc2nnc(N3CCCC3)s2)c1. The molecule has 2 aromatic rings. The van der Waals surface area contributed by atoms with Gasteiger partial charge < -0.3 is 9.64 Å². The maximum absolute atomic E-state index is 11.5. The van der Waals surface area contributed by atoms with Gasteiger partial charge in [-0.2, -0.15) is 0 Å². The molecule has 0 unspecified atom stereocenters. The number of rotatable bonds is 5. The van der Waals surface area contributed by atoms with Gasteiger partial charge in [0.05, 0.1) is 12.7 Å². The Kier molecular flexibility index (Phi) is 4.94. The average molecular weight is 335 g/mol. The lowest BCUT2D eigenvalue weighted by Gasteiger charge is -2.10. The number of carbonyl (C=O) groups excluding carboxylic acids is 1. The van der Waals surface area contributed by atoms with E-state index in [4.69, 9.17) is 4.74 Å². The maximum Gasteiger partial charge on any atom is 0.337 e. The van der Waals surface area contributed by atoms with E-state index in [2.05, 4.69) is 15.1 Å². The molecular weight excluding hydrogens is 318 g/mol. The second-order valence-electron chi connectivity index (χ2n) is 5.03. The van der Waals surface area contributed by atoms with Gasteiger partial charge in [-0.1, -0.05) is 35.2 Å². The molecular formula is C15H17N3O2S2. The van der Waals surface area contributed by atoms with Crippen LogP contribution in [0.25, 0.3) is 0 Å². The summed E-state index contributed by atoms with van der Waals surface area (Å²) in [6.07, 6.45) is 2.48. The first kappa shape index (κ1) is 15.3. The minimum atomic E-state index is -0.306. The van der Waals surface area contributed by atoms with Gasteiger partial charge in [-0.05, 0) is 30.5 Å². The predicted octanol–water partition coefficient (Wildman–Crippen LogP) is 3.22. The Bertz CT molecular complexity index is 654. The number of carbonyl (C=O) groups is 1. The van der Waals surface area contributed by atoms with Gasteiger partial charge in [0.2, 0.25) is 5.13 Å². The lowest BCUT2D eigenvalue weighted by atomic mass is 10.1. The molecule has 1 aliphatic heterocycles. The molecule has 0 N–H and O–H groups in total. The number of nitrogens with zero attached hydrogens (tertiary/aromatic N) is 3. The van der Waals surface area contributed by atoms with Gasteiger partial charge in [-0.15, -0.1) is 10.2 Å². The Morgan fingerprint density at radius 1 is 1.36 bits per heavy atom. The largest absolute Gasteiger partial charge is 0.465 e. The van der Waals surface area contributed by atoms with Crippen molar-refractivity contribution in [1.29, 1.82) is 0 Å². The van der Waals surface area contributed by atoms with Gasteiger partial charge in [0.1, 0.15) is 0 Å². The number of thioether (sulfide) groups is 1. The molecule has 0 aliphatic carbocycles. The Morgan fingerprint density at radius 2 is 2.18 bits per heavy atom. The fourth-order valence-corrected chi connectivity index (χ4v) is 4.18. The summed E-state index contributed by atoms with van der Waals surface area (Å²) in [5.74, 6) is 0.457. The normalized spacial score (nSPS) is 14.3. The zero-order valence-electron chi connectivity index (χ0n) is 12.3. The van der Waals surface area contributed by atoms with Crippen LogP contribution in [0, 0.1) is 0 Å². The third-order valence-corrected chi connectivity index (χ3v) is 5.67. The maximum atomic E-state index is 11.5. The van der Waals surface area contributed by atoms with E-state index in [1.165, 1.54) is 20.0 Å². The van der Waals surface area contributed by atoms with Crippen LogP contribution in [0.4, 0.5) is 5.13 Å². The average Bonchev–Trinajstić information content (AvgIpc) is 3.23. The topological polar surface area (TPSA) is 55.3 Å². The monoisotopic (exact) mass is 335 g/mol. The Balaban J connectivity index is 1.61. The Labute approximate surface area is 137 Å². The van der Waals surface area contributed by atoms with Crippen molar-refractivity contribution in [3.05, 3.63) is 35.4 Å². The van der Waals surface area contributed by atoms with Gasteiger partial charge >= 0.3 is 5.97 Å². The highest BCUT2D eigenvalue weighted by Gasteiger charge is 2.17. The first-order chi connectivity index (χ1) is 10.8. The van der Waals surface area contributed by atoms with Gasteiger partial charge in [0.15, 0.2) is 4.34 Å². The summed E-state index contributed by atoms with van der Waals surface area (Å²) in [6, 6.07) is 7.50. The Hall–Kier alpha value is -1.60. The molecule has 3 rings (SSSR count). The van der Waals surface area contributed by atoms with Crippen LogP contribution in [0.1, 0.15) is 28.8 Å². The molecule has 22 heavy (non-hydrogen) atoms. The second-order valence-corrected chi connectivity index (χ2v) is 7.20. The van der Waals surface area contributed by atoms with Gasteiger partial charge in [-0.25, -0.2) is 4.79 Å². The zero-order valence-corrected chi connectivity index (χ0v) is 14.0. The molecule has 0 radical (unpaired) electrons. The zero-order chi connectivity index (χ0) is 15.4. The third-order valence-electron chi connectivity index (χ3n) is 3.48. The van der Waals surface area contributed by atoms with Gasteiger partial charge in [0, 0.05) is 18.8 Å². The molecule has 0 amide bonds. The standard InChI is InChI=1S/C15H17N3O2S2/c1-20-13(19)12-6-4-5-11(9-12)10-21-15-17-16-14(22-15)18-7-2-3-8-18/h4-6,9H,2-3,7-8,10H2,1H3. The number of ether oxygens (including phenoxy) is 1. The van der Waals surface area contributed by atoms with Crippen molar-refractivity contribution in [3.63, 3.8) is 0 Å². The number of esters is 1. The van der Waals surface area contributed by atoms with Crippen molar-refractivity contribution < 1.29 is 9.53 Å². The number of benzene rings is 1. The first-order valence-corrected chi connectivity index (χ1v) is 8.95. The van der Waals surface area contributed by atoms with Crippen LogP contribution in [0.3, 0.4) is 0 Å². The van der Waals surface area contributed by atoms with Crippen LogP contribution >= 0.6 is 23.1 Å². The smallest absolute Gasteiger partial charge is 0.337 e. The highest BCUT2D eigenvalue weighted by Crippen LogP contribution is 2.31. The molecule has 7 heteroatoms. The van der Waals surface area contributed by atoms with Crippen molar-refractivity contribution >= 4 is 34.2 Å². The quantitative estimate of drug-likeness (QED) is 0.618. The minimum Gasteiger partial charge on any atom is -0.465 e. The van der Waals surface area contributed by atoms with Crippen molar-refractivity contribution in [2.45, 2.75) is 22.9 Å². The van der Waals surface area contributed by atoms with E-state index >= 15 is 0 Å². The molecule has 1 aliphatic rings. The van der Waals surface area contributed by atoms with E-state index in [1.54, 1.807) is 29.2 Å². The number of methoxy groups -OCH3 is 1. The molecule has 1 fully saturated rings. The van der Waals surface area contributed by atoms with Gasteiger partial charge in [0.25, 0.3) is 0 Å². The molecule has 0 spiro atoms. The lowest BCUT2D eigenvalue weighted by molar-refractivity contribution is 0.0600. The van der Waals surface area contributed by atoms with Crippen LogP contribution in [0.2, 0.25) is 0 Å². The number of aromatic nitrogens is 2. The molecule has 2 heterocycles. The second kappa shape index (κ2) is 7.11. The van der Waals surface area contributed by atoms with E-state index < -0.39 is 0 Å². The molecule has 1 aromatic carbocycles. The number of hydrogen-bond acceptors (Lipinski definition) is 7. The fourth-order valence-electron chi connectivity index (χ4n) is 2.35. The number of anilines is 1. The highest BCUT2D eigenvalue weighted by molar-refractivity contribution is 8.00. The summed E-state index contributed by atoms with van der Waals surface area (Å²) in [4.78, 5) is 13.8. The summed E-state index contributed by atoms with van der Waals surface area (Å²) < 4.78 is 5.71. The molecule has 116 valence electrons. The first-order valence-electron chi connectivity index (χ1n) is 7.15. The summed E-state index contributed by atoms with van der Waals surface area (Å²) in [5, 5.41) is 9.53. The van der Waals surface area contributed by atoms with Crippen molar-refractivity contribution in [1.82, 2.24) is 10.2 Å². The summed E-state index contributed by atoms with van der Waals surface area (Å²) in [5.41, 5.74) is 1.65. The molecule has 0 bridgehead atoms. The van der Waals surface area contributed by atoms with Crippen molar-refractivity contribution in [2.75, 3.05) is 25.1 Å². The van der Waals surface area contributed by atoms with E-state index in [9.17, 15) is 4.79 Å². The predicted molar refractivity (Wildman–Crippen MR) is 88.7 cm³/mol. The summed E-state index contributed by atoms with van der Waals surface area (Å²) in [7, 11) is 1.39. The minimum absolute atomic E-state index is 0.306. The van der Waals surface area contributed by atoms with E-state index in [0.29, 0.717) is 5.56 Å².